The lowest BCUT2D eigenvalue weighted by atomic mass is 10.1. The summed E-state index contributed by atoms with van der Waals surface area (Å²) in [5, 5.41) is 4.58. The van der Waals surface area contributed by atoms with E-state index in [0.29, 0.717) is 6.04 Å². The zero-order valence-corrected chi connectivity index (χ0v) is 10.2. The van der Waals surface area contributed by atoms with Crippen LogP contribution in [0.4, 0.5) is 0 Å². The van der Waals surface area contributed by atoms with Crippen LogP contribution in [0, 0.1) is 0 Å². The summed E-state index contributed by atoms with van der Waals surface area (Å²) in [6.07, 6.45) is 4.23. The molecule has 0 bridgehead atoms. The highest BCUT2D eigenvalue weighted by atomic mass is 79.9. The van der Waals surface area contributed by atoms with E-state index in [1.165, 1.54) is 12.8 Å². The summed E-state index contributed by atoms with van der Waals surface area (Å²) in [4.78, 5) is 4.27. The number of nitrogens with zero attached hydrogens (tertiary/aromatic N) is 1. The minimum atomic E-state index is 0.506. The molecule has 1 aliphatic rings. The van der Waals surface area contributed by atoms with Gasteiger partial charge in [-0.15, -0.1) is 11.3 Å². The average Bonchev–Trinajstić information content (AvgIpc) is 2.63. The fraction of sp³-hybridized carbons (Fsp3) is 0.667. The lowest BCUT2D eigenvalue weighted by Gasteiger charge is -2.22. The number of hydrogen-bond acceptors (Lipinski definition) is 4. The monoisotopic (exact) mass is 276 g/mol. The van der Waals surface area contributed by atoms with Gasteiger partial charge in [0.05, 0.1) is 16.6 Å². The maximum absolute atomic E-state index is 5.39. The number of nitrogens with one attached hydrogen (secondary N) is 1. The molecule has 0 saturated carbocycles. The molecule has 1 saturated heterocycles. The Balaban J connectivity index is 1.76. The van der Waals surface area contributed by atoms with Crippen LogP contribution in [-0.4, -0.2) is 24.2 Å². The van der Waals surface area contributed by atoms with Gasteiger partial charge in [0.2, 0.25) is 0 Å². The number of hydrogen-bond donors (Lipinski definition) is 1. The van der Waals surface area contributed by atoms with Gasteiger partial charge in [0, 0.05) is 19.2 Å². The van der Waals surface area contributed by atoms with Gasteiger partial charge in [-0.1, -0.05) is 0 Å². The molecule has 3 nitrogen and oxygen atoms in total. The molecule has 1 aromatic heterocycles. The summed E-state index contributed by atoms with van der Waals surface area (Å²) < 4.78 is 6.48. The van der Waals surface area contributed by atoms with Gasteiger partial charge in [-0.25, -0.2) is 4.98 Å². The predicted octanol–water partition coefficient (Wildman–Crippen LogP) is 2.17. The van der Waals surface area contributed by atoms with Crippen molar-refractivity contribution in [3.05, 3.63) is 15.0 Å². The van der Waals surface area contributed by atoms with Crippen LogP contribution in [0.15, 0.2) is 9.98 Å². The van der Waals surface area contributed by atoms with Crippen LogP contribution in [-0.2, 0) is 11.3 Å². The Hall–Kier alpha value is 0.0300. The third-order valence-electron chi connectivity index (χ3n) is 2.23. The first-order valence-electron chi connectivity index (χ1n) is 4.76. The van der Waals surface area contributed by atoms with Gasteiger partial charge in [0.15, 0.2) is 0 Å². The Kier molecular flexibility index (Phi) is 3.92. The summed E-state index contributed by atoms with van der Waals surface area (Å²) in [5.41, 5.74) is 0. The molecule has 0 amide bonds. The van der Waals surface area contributed by atoms with E-state index in [9.17, 15) is 0 Å². The summed E-state index contributed by atoms with van der Waals surface area (Å²) in [6.45, 7) is 2.61. The molecule has 2 heterocycles. The number of rotatable bonds is 3. The first-order valence-corrected chi connectivity index (χ1v) is 6.37. The standard InChI is InChI=1S/C9H13BrN2OS/c10-8-4-12-9(14-8)5-11-7-2-1-3-13-6-7/h4,7,11H,1-3,5-6H2/t7-/m0/s1. The number of ether oxygens (including phenoxy) is 1. The van der Waals surface area contributed by atoms with Crippen molar-refractivity contribution in [2.45, 2.75) is 25.4 Å². The topological polar surface area (TPSA) is 34.2 Å². The first-order chi connectivity index (χ1) is 6.84. The quantitative estimate of drug-likeness (QED) is 0.919. The van der Waals surface area contributed by atoms with E-state index in [1.54, 1.807) is 11.3 Å². The normalized spacial score (nSPS) is 22.5. The van der Waals surface area contributed by atoms with Crippen LogP contribution in [0.25, 0.3) is 0 Å². The minimum absolute atomic E-state index is 0.506. The van der Waals surface area contributed by atoms with Gasteiger partial charge >= 0.3 is 0 Å². The minimum Gasteiger partial charge on any atom is -0.380 e. The molecule has 0 aromatic carbocycles. The van der Waals surface area contributed by atoms with Crippen molar-refractivity contribution in [2.75, 3.05) is 13.2 Å². The van der Waals surface area contributed by atoms with Crippen LogP contribution in [0.1, 0.15) is 17.8 Å². The van der Waals surface area contributed by atoms with E-state index in [1.807, 2.05) is 6.20 Å². The zero-order valence-electron chi connectivity index (χ0n) is 7.83. The fourth-order valence-electron chi connectivity index (χ4n) is 1.50. The van der Waals surface area contributed by atoms with Crippen LogP contribution in [0.5, 0.6) is 0 Å². The fourth-order valence-corrected chi connectivity index (χ4v) is 2.76. The highest BCUT2D eigenvalue weighted by molar-refractivity contribution is 9.11. The van der Waals surface area contributed by atoms with Crippen molar-refractivity contribution < 1.29 is 4.74 Å². The molecule has 2 rings (SSSR count). The van der Waals surface area contributed by atoms with Crippen LogP contribution in [0.3, 0.4) is 0 Å². The Morgan fingerprint density at radius 1 is 1.71 bits per heavy atom. The molecule has 5 heteroatoms. The Labute approximate surface area is 96.0 Å². The number of halogens is 1. The largest absolute Gasteiger partial charge is 0.380 e. The molecule has 1 aromatic rings. The molecule has 1 fully saturated rings. The maximum Gasteiger partial charge on any atom is 0.107 e. The SMILES string of the molecule is Brc1cnc(CN[C@H]2CCCOC2)s1. The van der Waals surface area contributed by atoms with Gasteiger partial charge in [-0.3, -0.25) is 0 Å². The van der Waals surface area contributed by atoms with Crippen LogP contribution in [0.2, 0.25) is 0 Å². The summed E-state index contributed by atoms with van der Waals surface area (Å²) in [6, 6.07) is 0.506. The van der Waals surface area contributed by atoms with Gasteiger partial charge in [-0.2, -0.15) is 0 Å². The van der Waals surface area contributed by atoms with Crippen LogP contribution < -0.4 is 5.32 Å². The van der Waals surface area contributed by atoms with Crippen molar-refractivity contribution in [3.8, 4) is 0 Å². The van der Waals surface area contributed by atoms with Gasteiger partial charge < -0.3 is 10.1 Å². The Morgan fingerprint density at radius 3 is 3.29 bits per heavy atom. The van der Waals surface area contributed by atoms with Gasteiger partial charge in [-0.05, 0) is 28.8 Å². The molecule has 0 unspecified atom stereocenters. The second-order valence-electron chi connectivity index (χ2n) is 3.35. The first kappa shape index (κ1) is 10.5. The second-order valence-corrected chi connectivity index (χ2v) is 5.85. The second kappa shape index (κ2) is 5.21. The van der Waals surface area contributed by atoms with E-state index in [0.717, 1.165) is 28.6 Å². The summed E-state index contributed by atoms with van der Waals surface area (Å²) in [5.74, 6) is 0. The summed E-state index contributed by atoms with van der Waals surface area (Å²) in [7, 11) is 0. The molecule has 14 heavy (non-hydrogen) atoms. The van der Waals surface area contributed by atoms with Crippen molar-refractivity contribution in [1.29, 1.82) is 0 Å². The van der Waals surface area contributed by atoms with Crippen molar-refractivity contribution in [1.82, 2.24) is 10.3 Å². The third-order valence-corrected chi connectivity index (χ3v) is 3.70. The lowest BCUT2D eigenvalue weighted by Crippen LogP contribution is -2.36. The van der Waals surface area contributed by atoms with E-state index in [2.05, 4.69) is 26.2 Å². The summed E-state index contributed by atoms with van der Waals surface area (Å²) >= 11 is 5.08. The zero-order chi connectivity index (χ0) is 9.80. The molecule has 1 aliphatic heterocycles. The third kappa shape index (κ3) is 3.02. The molecule has 1 atom stereocenters. The van der Waals surface area contributed by atoms with E-state index in [-0.39, 0.29) is 0 Å². The maximum atomic E-state index is 5.39. The van der Waals surface area contributed by atoms with E-state index in [4.69, 9.17) is 4.74 Å². The average molecular weight is 277 g/mol. The number of thiazole rings is 1. The predicted molar refractivity (Wildman–Crippen MR) is 60.5 cm³/mol. The van der Waals surface area contributed by atoms with Gasteiger partial charge in [0.25, 0.3) is 0 Å². The molecule has 0 radical (unpaired) electrons. The Morgan fingerprint density at radius 2 is 2.64 bits per heavy atom. The van der Waals surface area contributed by atoms with E-state index < -0.39 is 0 Å². The van der Waals surface area contributed by atoms with Crippen molar-refractivity contribution in [3.63, 3.8) is 0 Å². The van der Waals surface area contributed by atoms with E-state index >= 15 is 0 Å². The van der Waals surface area contributed by atoms with Crippen molar-refractivity contribution in [2.24, 2.45) is 0 Å². The van der Waals surface area contributed by atoms with Crippen LogP contribution >= 0.6 is 27.3 Å². The lowest BCUT2D eigenvalue weighted by molar-refractivity contribution is 0.0699. The highest BCUT2D eigenvalue weighted by Crippen LogP contribution is 2.19. The molecule has 1 N–H and O–H groups in total. The molecule has 78 valence electrons. The Bertz CT molecular complexity index is 286. The van der Waals surface area contributed by atoms with Gasteiger partial charge in [0.1, 0.15) is 5.01 Å². The van der Waals surface area contributed by atoms with Crippen molar-refractivity contribution >= 4 is 27.3 Å². The number of aromatic nitrogens is 1. The molecule has 0 aliphatic carbocycles. The molecular weight excluding hydrogens is 264 g/mol. The molecule has 0 spiro atoms. The molecular formula is C9H13BrN2OS. The highest BCUT2D eigenvalue weighted by Gasteiger charge is 2.13. The smallest absolute Gasteiger partial charge is 0.107 e.